The Bertz CT molecular complexity index is 1770. The predicted octanol–water partition coefficient (Wildman–Crippen LogP) is -5.48. The van der Waals surface area contributed by atoms with E-state index in [0.717, 1.165) is 5.57 Å². The van der Waals surface area contributed by atoms with Crippen LogP contribution >= 0.6 is 0 Å². The molecule has 5 saturated carbocycles. The van der Waals surface area contributed by atoms with Crippen molar-refractivity contribution in [1.29, 1.82) is 0 Å². The van der Waals surface area contributed by atoms with E-state index in [2.05, 4.69) is 13.5 Å². The highest BCUT2D eigenvalue weighted by molar-refractivity contribution is 5.78. The van der Waals surface area contributed by atoms with E-state index in [1.54, 1.807) is 0 Å². The molecule has 0 unspecified atom stereocenters. The molecule has 2 bridgehead atoms. The average molecular weight is 981 g/mol. The van der Waals surface area contributed by atoms with Crippen LogP contribution in [0.5, 0.6) is 0 Å². The Kier molecular flexibility index (Phi) is 15.5. The molecule has 8 aliphatic rings. The predicted molar refractivity (Wildman–Crippen MR) is 224 cm³/mol. The van der Waals surface area contributed by atoms with E-state index in [-0.39, 0.29) is 18.8 Å². The lowest BCUT2D eigenvalue weighted by molar-refractivity contribution is -0.365. The molecule has 1 spiro atoms. The molecular formula is C45H72O23. The summed E-state index contributed by atoms with van der Waals surface area (Å²) in [6.07, 6.45) is -27.4. The fourth-order valence-corrected chi connectivity index (χ4v) is 14.0. The number of carbonyl (C=O) groups excluding carboxylic acids is 1. The first kappa shape index (κ1) is 52.7. The van der Waals surface area contributed by atoms with E-state index in [1.165, 1.54) is 0 Å². The lowest BCUT2D eigenvalue weighted by atomic mass is 9.40. The van der Waals surface area contributed by atoms with Gasteiger partial charge in [-0.2, -0.15) is 0 Å². The summed E-state index contributed by atoms with van der Waals surface area (Å²) >= 11 is 0. The van der Waals surface area contributed by atoms with Crippen molar-refractivity contribution in [2.24, 2.45) is 34.0 Å². The second kappa shape index (κ2) is 20.0. The first-order valence-electron chi connectivity index (χ1n) is 23.9. The largest absolute Gasteiger partial charge is 0.432 e. The number of carbonyl (C=O) groups is 1. The molecule has 8 fully saturated rings. The van der Waals surface area contributed by atoms with Crippen molar-refractivity contribution in [2.75, 3.05) is 33.0 Å². The maximum atomic E-state index is 14.4. The van der Waals surface area contributed by atoms with Crippen LogP contribution in [0.1, 0.15) is 71.1 Å². The zero-order valence-electron chi connectivity index (χ0n) is 38.0. The molecule has 26 atom stereocenters. The summed E-state index contributed by atoms with van der Waals surface area (Å²) in [5, 5.41) is 159. The number of fused-ring (bicyclic) bond motifs is 3. The molecule has 0 amide bonds. The number of aliphatic hydroxyl groups excluding tert-OH is 15. The Morgan fingerprint density at radius 1 is 0.618 bits per heavy atom. The summed E-state index contributed by atoms with van der Waals surface area (Å²) in [5.74, 6) is -2.26. The number of hydrogen-bond donors (Lipinski definition) is 15. The summed E-state index contributed by atoms with van der Waals surface area (Å²) in [6, 6.07) is 0. The summed E-state index contributed by atoms with van der Waals surface area (Å²) in [7, 11) is 0. The number of esters is 1. The Morgan fingerprint density at radius 2 is 1.13 bits per heavy atom. The third kappa shape index (κ3) is 8.60. The van der Waals surface area contributed by atoms with Gasteiger partial charge in [-0.25, -0.2) is 0 Å². The quantitative estimate of drug-likeness (QED) is 0.0605. The van der Waals surface area contributed by atoms with Crippen LogP contribution in [-0.2, 0) is 38.0 Å². The minimum Gasteiger partial charge on any atom is -0.432 e. The monoisotopic (exact) mass is 980 g/mol. The van der Waals surface area contributed by atoms with Crippen molar-refractivity contribution in [2.45, 2.75) is 193 Å². The van der Waals surface area contributed by atoms with Gasteiger partial charge in [0, 0.05) is 12.5 Å². The fraction of sp³-hybridized carbons (Fsp3) is 0.933. The molecule has 23 heteroatoms. The molecule has 68 heavy (non-hydrogen) atoms. The van der Waals surface area contributed by atoms with E-state index in [0.29, 0.717) is 51.4 Å². The molecule has 23 nitrogen and oxygen atoms in total. The van der Waals surface area contributed by atoms with Gasteiger partial charge in [-0.05, 0) is 86.0 Å². The Morgan fingerprint density at radius 3 is 1.66 bits per heavy atom. The van der Waals surface area contributed by atoms with Crippen LogP contribution in [0.25, 0.3) is 0 Å². The molecule has 3 heterocycles. The molecule has 0 aromatic rings. The highest BCUT2D eigenvalue weighted by atomic mass is 16.7. The molecule has 3 aliphatic heterocycles. The highest BCUT2D eigenvalue weighted by Crippen LogP contribution is 2.74. The van der Waals surface area contributed by atoms with Gasteiger partial charge in [0.15, 0.2) is 12.6 Å². The van der Waals surface area contributed by atoms with E-state index < -0.39 is 189 Å². The SMILES string of the molecule is C=C1C[C@@]23CC[C@@H]4[C@](CO)(C(=O)O[C@@H]5O[C@H](CO)[C@@H](O)[C@H](O)[C@H]5O)CCC[C@@]4(C)[C@@H]2CC[C@]1(O[C@@H]1C[C@H](CO)[C@@H](O)[C@H](O[C@@H]2O[C@H](CO)[C@@H](O)[C@H](O)[C@H]2O)[C@H]1O[C@@H]1O[C@H](CO)[C@@H](O)[C@H](O)[C@H]1O)C3. The number of aliphatic hydroxyl groups is 15. The zero-order chi connectivity index (χ0) is 49.4. The molecule has 3 saturated heterocycles. The molecule has 0 aromatic carbocycles. The van der Waals surface area contributed by atoms with Gasteiger partial charge in [0.2, 0.25) is 6.29 Å². The summed E-state index contributed by atoms with van der Waals surface area (Å²) < 4.78 is 42.4. The van der Waals surface area contributed by atoms with Crippen LogP contribution in [-0.4, -0.2) is 238 Å². The standard InChI is InChI=1S/C45H72O23/c1-18-11-43-8-4-25-42(2,6-3-7-44(25,17-50)41(61)67-40-35(60)32(57)29(54)23(15-49)64-40)24(43)5-9-45(18,16-43)68-20-10-19(12-46)26(51)37(66-39-34(59)31(56)28(53)22(14-48)63-39)36(20)65-38-33(58)30(55)27(52)21(13-47)62-38/h19-40,46-60H,1,3-17H2,2H3/t19-,20-,21-,22-,23-,24+,25+,26-,27-,28-,29-,30+,31+,32+,33-,34-,35-,36+,37+,38+,39+,40+,42+,43-,44+,45+/m1/s1. The van der Waals surface area contributed by atoms with Crippen LogP contribution in [0, 0.1) is 34.0 Å². The molecule has 0 aromatic heterocycles. The number of hydrogen-bond acceptors (Lipinski definition) is 23. The topological polar surface area (TPSA) is 385 Å². The Labute approximate surface area is 392 Å². The van der Waals surface area contributed by atoms with Crippen molar-refractivity contribution in [1.82, 2.24) is 0 Å². The second-order valence-corrected chi connectivity index (χ2v) is 21.2. The Hall–Kier alpha value is -1.63. The summed E-state index contributed by atoms with van der Waals surface area (Å²) in [5.41, 5.74) is -2.76. The van der Waals surface area contributed by atoms with Crippen molar-refractivity contribution >= 4 is 5.97 Å². The maximum Gasteiger partial charge on any atom is 0.317 e. The smallest absolute Gasteiger partial charge is 0.317 e. The van der Waals surface area contributed by atoms with Gasteiger partial charge in [0.05, 0.1) is 49.7 Å². The van der Waals surface area contributed by atoms with Crippen LogP contribution in [0.2, 0.25) is 0 Å². The molecule has 0 radical (unpaired) electrons. The van der Waals surface area contributed by atoms with Crippen molar-refractivity contribution < 1.29 is 115 Å². The van der Waals surface area contributed by atoms with E-state index >= 15 is 0 Å². The normalized spacial score (nSPS) is 53.9. The van der Waals surface area contributed by atoms with Crippen LogP contribution in [0.15, 0.2) is 12.2 Å². The molecule has 5 aliphatic carbocycles. The maximum absolute atomic E-state index is 14.4. The first-order valence-corrected chi connectivity index (χ1v) is 23.9. The van der Waals surface area contributed by atoms with Crippen LogP contribution in [0.3, 0.4) is 0 Å². The average Bonchev–Trinajstić information content (AvgIpc) is 3.52. The third-order valence-electron chi connectivity index (χ3n) is 17.6. The molecule has 8 rings (SSSR count). The van der Waals surface area contributed by atoms with Crippen LogP contribution in [0.4, 0.5) is 0 Å². The molecule has 15 N–H and O–H groups in total. The minimum atomic E-state index is -1.93. The lowest BCUT2D eigenvalue weighted by Crippen LogP contribution is -2.66. The van der Waals surface area contributed by atoms with E-state index in [4.69, 9.17) is 33.2 Å². The van der Waals surface area contributed by atoms with Gasteiger partial charge < -0.3 is 110 Å². The highest BCUT2D eigenvalue weighted by Gasteiger charge is 2.70. The number of rotatable bonds is 13. The second-order valence-electron chi connectivity index (χ2n) is 21.2. The lowest BCUT2D eigenvalue weighted by Gasteiger charge is -2.64. The molecular weight excluding hydrogens is 908 g/mol. The van der Waals surface area contributed by atoms with Crippen molar-refractivity contribution in [3.8, 4) is 0 Å². The summed E-state index contributed by atoms with van der Waals surface area (Å²) in [6.45, 7) is 3.15. The fourth-order valence-electron chi connectivity index (χ4n) is 14.0. The van der Waals surface area contributed by atoms with Gasteiger partial charge in [0.1, 0.15) is 85.5 Å². The minimum absolute atomic E-state index is 0.0437. The van der Waals surface area contributed by atoms with E-state index in [1.807, 2.05) is 0 Å². The van der Waals surface area contributed by atoms with Gasteiger partial charge in [0.25, 0.3) is 0 Å². The van der Waals surface area contributed by atoms with Crippen LogP contribution < -0.4 is 0 Å². The molecule has 390 valence electrons. The van der Waals surface area contributed by atoms with Gasteiger partial charge in [-0.15, -0.1) is 0 Å². The Balaban J connectivity index is 1.07. The van der Waals surface area contributed by atoms with Gasteiger partial charge in [-0.1, -0.05) is 19.9 Å². The van der Waals surface area contributed by atoms with Gasteiger partial charge >= 0.3 is 5.97 Å². The summed E-state index contributed by atoms with van der Waals surface area (Å²) in [4.78, 5) is 14.4. The number of ether oxygens (including phenoxy) is 7. The van der Waals surface area contributed by atoms with Crippen molar-refractivity contribution in [3.05, 3.63) is 12.2 Å². The van der Waals surface area contributed by atoms with Crippen molar-refractivity contribution in [3.63, 3.8) is 0 Å². The van der Waals surface area contributed by atoms with E-state index in [9.17, 15) is 81.4 Å². The van der Waals surface area contributed by atoms with Gasteiger partial charge in [-0.3, -0.25) is 4.79 Å². The first-order chi connectivity index (χ1) is 32.2. The zero-order valence-corrected chi connectivity index (χ0v) is 38.0. The third-order valence-corrected chi connectivity index (χ3v) is 17.6.